The third kappa shape index (κ3) is 4.23. The first-order chi connectivity index (χ1) is 8.34. The van der Waals surface area contributed by atoms with E-state index in [1.165, 1.54) is 31.0 Å². The van der Waals surface area contributed by atoms with Crippen molar-refractivity contribution in [3.05, 3.63) is 18.2 Å². The zero-order valence-electron chi connectivity index (χ0n) is 10.2. The van der Waals surface area contributed by atoms with Crippen LogP contribution >= 0.6 is 11.8 Å². The van der Waals surface area contributed by atoms with Crippen LogP contribution in [0.2, 0.25) is 0 Å². The molecule has 0 bridgehead atoms. The number of ether oxygens (including phenoxy) is 1. The molecule has 2 N–H and O–H groups in total. The van der Waals surface area contributed by atoms with E-state index in [0.29, 0.717) is 11.4 Å². The second-order valence-corrected chi connectivity index (χ2v) is 6.80. The maximum atomic E-state index is 11.3. The summed E-state index contributed by atoms with van der Waals surface area (Å²) in [4.78, 5) is 11.9. The molecular weight excluding hydrogens is 274 g/mol. The Balaban J connectivity index is 2.72. The van der Waals surface area contributed by atoms with Gasteiger partial charge in [-0.2, -0.15) is 0 Å². The smallest absolute Gasteiger partial charge is 0.306 e. The van der Waals surface area contributed by atoms with Gasteiger partial charge in [-0.25, -0.2) is 8.42 Å². The normalized spacial score (nSPS) is 11.2. The van der Waals surface area contributed by atoms with Crippen LogP contribution in [0.15, 0.2) is 28.0 Å². The molecule has 0 aliphatic rings. The molecule has 0 spiro atoms. The Hall–Kier alpha value is -1.21. The highest BCUT2D eigenvalue weighted by Crippen LogP contribution is 2.27. The summed E-state index contributed by atoms with van der Waals surface area (Å²) in [6.07, 6.45) is 1.42. The van der Waals surface area contributed by atoms with E-state index in [0.717, 1.165) is 11.2 Å². The Morgan fingerprint density at radius 1 is 1.44 bits per heavy atom. The predicted molar refractivity (Wildman–Crippen MR) is 71.3 cm³/mol. The van der Waals surface area contributed by atoms with Crippen LogP contribution in [0.1, 0.15) is 6.42 Å². The van der Waals surface area contributed by atoms with Crippen LogP contribution < -0.4 is 5.73 Å². The summed E-state index contributed by atoms with van der Waals surface area (Å²) in [5, 5.41) is 0. The van der Waals surface area contributed by atoms with Gasteiger partial charge in [-0.1, -0.05) is 0 Å². The molecule has 0 aromatic heterocycles. The number of esters is 1. The third-order valence-corrected chi connectivity index (χ3v) is 4.40. The van der Waals surface area contributed by atoms with Gasteiger partial charge in [-0.05, 0) is 18.2 Å². The zero-order valence-corrected chi connectivity index (χ0v) is 11.8. The van der Waals surface area contributed by atoms with Crippen LogP contribution in [0.25, 0.3) is 0 Å². The predicted octanol–water partition coefficient (Wildman–Crippen LogP) is 1.33. The Morgan fingerprint density at radius 2 is 2.11 bits per heavy atom. The summed E-state index contributed by atoms with van der Waals surface area (Å²) in [7, 11) is -1.91. The third-order valence-electron chi connectivity index (χ3n) is 2.20. The zero-order chi connectivity index (χ0) is 13.8. The molecule has 18 heavy (non-hydrogen) atoms. The molecule has 1 aromatic rings. The van der Waals surface area contributed by atoms with Crippen molar-refractivity contribution in [1.29, 1.82) is 0 Å². The number of nitrogens with two attached hydrogens (primary N) is 1. The van der Waals surface area contributed by atoms with Crippen LogP contribution in [0, 0.1) is 0 Å². The van der Waals surface area contributed by atoms with Crippen molar-refractivity contribution in [1.82, 2.24) is 0 Å². The fourth-order valence-corrected chi connectivity index (χ4v) is 2.77. The fraction of sp³-hybridized carbons (Fsp3) is 0.364. The van der Waals surface area contributed by atoms with E-state index < -0.39 is 9.84 Å². The first-order valence-corrected chi connectivity index (χ1v) is 8.01. The summed E-state index contributed by atoms with van der Waals surface area (Å²) in [6.45, 7) is 0. The summed E-state index contributed by atoms with van der Waals surface area (Å²) in [6, 6.07) is 4.58. The molecule has 5 nitrogen and oxygen atoms in total. The van der Waals surface area contributed by atoms with Crippen LogP contribution in [0.5, 0.6) is 0 Å². The fourth-order valence-electron chi connectivity index (χ4n) is 1.24. The Kier molecular flexibility index (Phi) is 5.03. The molecule has 0 radical (unpaired) electrons. The molecule has 0 unspecified atom stereocenters. The molecule has 7 heteroatoms. The van der Waals surface area contributed by atoms with Crippen molar-refractivity contribution in [2.75, 3.05) is 24.9 Å². The van der Waals surface area contributed by atoms with Gasteiger partial charge < -0.3 is 10.5 Å². The van der Waals surface area contributed by atoms with Crippen LogP contribution in [-0.4, -0.2) is 33.5 Å². The molecule has 1 rings (SSSR count). The summed E-state index contributed by atoms with van der Waals surface area (Å²) in [5.74, 6) is 0.253. The largest absolute Gasteiger partial charge is 0.469 e. The molecule has 0 aliphatic carbocycles. The lowest BCUT2D eigenvalue weighted by Gasteiger charge is -2.06. The summed E-state index contributed by atoms with van der Waals surface area (Å²) >= 11 is 1.39. The molecule has 0 heterocycles. The van der Waals surface area contributed by atoms with Crippen molar-refractivity contribution in [3.8, 4) is 0 Å². The van der Waals surface area contributed by atoms with Gasteiger partial charge in [-0.15, -0.1) is 11.8 Å². The number of thioether (sulfide) groups is 1. The minimum atomic E-state index is -3.24. The molecule has 0 amide bonds. The second kappa shape index (κ2) is 6.10. The average Bonchev–Trinajstić information content (AvgIpc) is 2.29. The van der Waals surface area contributed by atoms with E-state index >= 15 is 0 Å². The standard InChI is InChI=1S/C11H15NO4S2/c1-16-11(13)5-6-17-10-4-3-8(7-9(10)12)18(2,14)15/h3-4,7H,5-6,12H2,1-2H3. The van der Waals surface area contributed by atoms with Gasteiger partial charge in [0.2, 0.25) is 0 Å². The molecule has 1 aromatic carbocycles. The lowest BCUT2D eigenvalue weighted by molar-refractivity contribution is -0.140. The SMILES string of the molecule is COC(=O)CCSc1ccc(S(C)(=O)=O)cc1N. The van der Waals surface area contributed by atoms with Gasteiger partial charge in [0.25, 0.3) is 0 Å². The molecular formula is C11H15NO4S2. The molecule has 0 atom stereocenters. The highest BCUT2D eigenvalue weighted by atomic mass is 32.2. The number of sulfone groups is 1. The van der Waals surface area contributed by atoms with Crippen molar-refractivity contribution in [2.45, 2.75) is 16.2 Å². The van der Waals surface area contributed by atoms with Gasteiger partial charge in [0.1, 0.15) is 0 Å². The van der Waals surface area contributed by atoms with Crippen molar-refractivity contribution >= 4 is 33.3 Å². The second-order valence-electron chi connectivity index (χ2n) is 3.65. The Morgan fingerprint density at radius 3 is 2.61 bits per heavy atom. The van der Waals surface area contributed by atoms with Gasteiger partial charge in [0, 0.05) is 22.6 Å². The number of methoxy groups -OCH3 is 1. The number of carbonyl (C=O) groups is 1. The Labute approximate surface area is 111 Å². The lowest BCUT2D eigenvalue weighted by Crippen LogP contribution is -2.02. The molecule has 100 valence electrons. The van der Waals surface area contributed by atoms with Crippen LogP contribution in [0.3, 0.4) is 0 Å². The summed E-state index contributed by atoms with van der Waals surface area (Å²) in [5.41, 5.74) is 6.16. The van der Waals surface area contributed by atoms with E-state index in [2.05, 4.69) is 4.74 Å². The van der Waals surface area contributed by atoms with Crippen molar-refractivity contribution < 1.29 is 17.9 Å². The van der Waals surface area contributed by atoms with Crippen molar-refractivity contribution in [3.63, 3.8) is 0 Å². The quantitative estimate of drug-likeness (QED) is 0.500. The first-order valence-electron chi connectivity index (χ1n) is 5.14. The van der Waals surface area contributed by atoms with Gasteiger partial charge in [0.05, 0.1) is 18.4 Å². The van der Waals surface area contributed by atoms with Crippen LogP contribution in [0.4, 0.5) is 5.69 Å². The topological polar surface area (TPSA) is 86.5 Å². The highest BCUT2D eigenvalue weighted by molar-refractivity contribution is 7.99. The number of hydrogen-bond donors (Lipinski definition) is 1. The van der Waals surface area contributed by atoms with E-state index in [-0.39, 0.29) is 17.3 Å². The van der Waals surface area contributed by atoms with Gasteiger partial charge in [0.15, 0.2) is 9.84 Å². The number of rotatable bonds is 5. The van der Waals surface area contributed by atoms with E-state index in [1.54, 1.807) is 6.07 Å². The van der Waals surface area contributed by atoms with E-state index in [9.17, 15) is 13.2 Å². The minimum absolute atomic E-state index is 0.192. The average molecular weight is 289 g/mol. The number of nitrogen functional groups attached to an aromatic ring is 1. The van der Waals surface area contributed by atoms with Gasteiger partial charge in [-0.3, -0.25) is 4.79 Å². The molecule has 0 saturated heterocycles. The molecule has 0 saturated carbocycles. The number of hydrogen-bond acceptors (Lipinski definition) is 6. The number of anilines is 1. The Bertz CT molecular complexity index is 540. The monoisotopic (exact) mass is 289 g/mol. The number of carbonyl (C=O) groups excluding carboxylic acids is 1. The summed E-state index contributed by atoms with van der Waals surface area (Å²) < 4.78 is 27.1. The molecule has 0 fully saturated rings. The van der Waals surface area contributed by atoms with Crippen molar-refractivity contribution in [2.24, 2.45) is 0 Å². The lowest BCUT2D eigenvalue weighted by atomic mass is 10.3. The molecule has 0 aliphatic heterocycles. The first kappa shape index (κ1) is 14.8. The van der Waals surface area contributed by atoms with E-state index in [1.807, 2.05) is 0 Å². The highest BCUT2D eigenvalue weighted by Gasteiger charge is 2.10. The van der Waals surface area contributed by atoms with Crippen LogP contribution in [-0.2, 0) is 19.4 Å². The van der Waals surface area contributed by atoms with Gasteiger partial charge >= 0.3 is 5.97 Å². The maximum absolute atomic E-state index is 11.3. The maximum Gasteiger partial charge on any atom is 0.306 e. The minimum Gasteiger partial charge on any atom is -0.469 e. The number of benzene rings is 1. The van der Waals surface area contributed by atoms with E-state index in [4.69, 9.17) is 5.73 Å².